The van der Waals surface area contributed by atoms with Crippen molar-refractivity contribution in [2.24, 2.45) is 5.92 Å². The van der Waals surface area contributed by atoms with Gasteiger partial charge in [0, 0.05) is 16.6 Å². The SMILES string of the molecule is CC(C)Cc1cc(-c2ccc(F)c3ccccc23)nc(N)n1. The predicted octanol–water partition coefficient (Wildman–Crippen LogP) is 4.22. The maximum atomic E-state index is 14.0. The molecule has 1 aromatic heterocycles. The summed E-state index contributed by atoms with van der Waals surface area (Å²) >= 11 is 0. The minimum absolute atomic E-state index is 0.233. The quantitative estimate of drug-likeness (QED) is 0.787. The molecule has 3 aromatic rings. The van der Waals surface area contributed by atoms with Crippen LogP contribution >= 0.6 is 0 Å². The summed E-state index contributed by atoms with van der Waals surface area (Å²) in [5, 5.41) is 1.42. The van der Waals surface area contributed by atoms with Gasteiger partial charge in [0.15, 0.2) is 0 Å². The second-order valence-electron chi connectivity index (χ2n) is 5.84. The number of fused-ring (bicyclic) bond motifs is 1. The van der Waals surface area contributed by atoms with Crippen LogP contribution in [0.15, 0.2) is 42.5 Å². The number of hydrogen-bond donors (Lipinski definition) is 1. The number of halogens is 1. The minimum Gasteiger partial charge on any atom is -0.368 e. The number of aromatic nitrogens is 2. The van der Waals surface area contributed by atoms with Gasteiger partial charge in [0.2, 0.25) is 5.95 Å². The van der Waals surface area contributed by atoms with Crippen molar-refractivity contribution in [2.75, 3.05) is 5.73 Å². The van der Waals surface area contributed by atoms with Crippen molar-refractivity contribution in [3.05, 3.63) is 54.0 Å². The molecule has 3 rings (SSSR count). The van der Waals surface area contributed by atoms with E-state index in [9.17, 15) is 4.39 Å². The number of nitrogen functional groups attached to an aromatic ring is 1. The Morgan fingerprint density at radius 1 is 1.05 bits per heavy atom. The minimum atomic E-state index is -0.233. The van der Waals surface area contributed by atoms with E-state index in [2.05, 4.69) is 23.8 Å². The molecule has 112 valence electrons. The van der Waals surface area contributed by atoms with Gasteiger partial charge in [-0.2, -0.15) is 0 Å². The van der Waals surface area contributed by atoms with E-state index in [1.807, 2.05) is 24.3 Å². The van der Waals surface area contributed by atoms with Gasteiger partial charge in [-0.05, 0) is 35.9 Å². The molecule has 0 saturated heterocycles. The van der Waals surface area contributed by atoms with Crippen molar-refractivity contribution in [3.63, 3.8) is 0 Å². The van der Waals surface area contributed by atoms with E-state index in [-0.39, 0.29) is 11.8 Å². The molecule has 0 bridgehead atoms. The van der Waals surface area contributed by atoms with Crippen LogP contribution in [0.2, 0.25) is 0 Å². The summed E-state index contributed by atoms with van der Waals surface area (Å²) in [5.41, 5.74) is 8.37. The third-order valence-corrected chi connectivity index (χ3v) is 3.56. The summed E-state index contributed by atoms with van der Waals surface area (Å²) in [6.07, 6.45) is 0.832. The van der Waals surface area contributed by atoms with Crippen LogP contribution in [-0.4, -0.2) is 9.97 Å². The molecule has 2 N–H and O–H groups in total. The van der Waals surface area contributed by atoms with Gasteiger partial charge >= 0.3 is 0 Å². The Hall–Kier alpha value is -2.49. The van der Waals surface area contributed by atoms with Crippen LogP contribution in [0, 0.1) is 11.7 Å². The highest BCUT2D eigenvalue weighted by atomic mass is 19.1. The van der Waals surface area contributed by atoms with E-state index in [0.717, 1.165) is 28.8 Å². The fraction of sp³-hybridized carbons (Fsp3) is 0.222. The molecule has 0 unspecified atom stereocenters. The fourth-order valence-corrected chi connectivity index (χ4v) is 2.66. The Morgan fingerprint density at radius 2 is 1.77 bits per heavy atom. The van der Waals surface area contributed by atoms with Gasteiger partial charge in [0.1, 0.15) is 5.82 Å². The molecule has 4 heteroatoms. The van der Waals surface area contributed by atoms with Gasteiger partial charge in [-0.1, -0.05) is 38.1 Å². The third kappa shape index (κ3) is 2.77. The average molecular weight is 295 g/mol. The van der Waals surface area contributed by atoms with Crippen LogP contribution in [0.5, 0.6) is 0 Å². The lowest BCUT2D eigenvalue weighted by Gasteiger charge is -2.10. The van der Waals surface area contributed by atoms with Crippen molar-refractivity contribution in [2.45, 2.75) is 20.3 Å². The zero-order chi connectivity index (χ0) is 15.7. The molecule has 0 amide bonds. The maximum absolute atomic E-state index is 14.0. The molecule has 2 aromatic carbocycles. The van der Waals surface area contributed by atoms with Crippen LogP contribution in [0.3, 0.4) is 0 Å². The number of hydrogen-bond acceptors (Lipinski definition) is 3. The molecular weight excluding hydrogens is 277 g/mol. The van der Waals surface area contributed by atoms with Gasteiger partial charge in [0.05, 0.1) is 5.69 Å². The summed E-state index contributed by atoms with van der Waals surface area (Å²) in [5.74, 6) is 0.498. The molecule has 0 aliphatic heterocycles. The Balaban J connectivity index is 2.19. The molecule has 0 fully saturated rings. The summed E-state index contributed by atoms with van der Waals surface area (Å²) in [6.45, 7) is 4.26. The second kappa shape index (κ2) is 5.72. The zero-order valence-corrected chi connectivity index (χ0v) is 12.7. The second-order valence-corrected chi connectivity index (χ2v) is 5.84. The topological polar surface area (TPSA) is 51.8 Å². The first kappa shape index (κ1) is 14.4. The monoisotopic (exact) mass is 295 g/mol. The molecule has 0 saturated carbocycles. The van der Waals surface area contributed by atoms with Gasteiger partial charge in [0.25, 0.3) is 0 Å². The van der Waals surface area contributed by atoms with Crippen LogP contribution < -0.4 is 5.73 Å². The van der Waals surface area contributed by atoms with Crippen molar-refractivity contribution < 1.29 is 4.39 Å². The molecule has 0 aliphatic rings. The Kier molecular flexibility index (Phi) is 3.75. The average Bonchev–Trinajstić information content (AvgIpc) is 2.46. The predicted molar refractivity (Wildman–Crippen MR) is 87.9 cm³/mol. The first-order valence-electron chi connectivity index (χ1n) is 7.35. The smallest absolute Gasteiger partial charge is 0.220 e. The summed E-state index contributed by atoms with van der Waals surface area (Å²) in [7, 11) is 0. The van der Waals surface area contributed by atoms with Crippen molar-refractivity contribution in [1.29, 1.82) is 0 Å². The molecule has 0 radical (unpaired) electrons. The summed E-state index contributed by atoms with van der Waals surface area (Å²) in [4.78, 5) is 8.63. The fourth-order valence-electron chi connectivity index (χ4n) is 2.66. The highest BCUT2D eigenvalue weighted by Crippen LogP contribution is 2.30. The van der Waals surface area contributed by atoms with E-state index in [4.69, 9.17) is 5.73 Å². The molecule has 1 heterocycles. The first-order valence-corrected chi connectivity index (χ1v) is 7.35. The zero-order valence-electron chi connectivity index (χ0n) is 12.7. The Morgan fingerprint density at radius 3 is 2.50 bits per heavy atom. The lowest BCUT2D eigenvalue weighted by molar-refractivity contribution is 0.635. The molecule has 22 heavy (non-hydrogen) atoms. The molecule has 0 spiro atoms. The van der Waals surface area contributed by atoms with Crippen LogP contribution in [-0.2, 0) is 6.42 Å². The summed E-state index contributed by atoms with van der Waals surface area (Å²) < 4.78 is 14.0. The number of anilines is 1. The van der Waals surface area contributed by atoms with Gasteiger partial charge in [-0.3, -0.25) is 0 Å². The van der Waals surface area contributed by atoms with Crippen LogP contribution in [0.4, 0.5) is 10.3 Å². The lowest BCUT2D eigenvalue weighted by atomic mass is 10.00. The van der Waals surface area contributed by atoms with E-state index >= 15 is 0 Å². The van der Waals surface area contributed by atoms with Gasteiger partial charge < -0.3 is 5.73 Å². The highest BCUT2D eigenvalue weighted by molar-refractivity contribution is 5.96. The number of benzene rings is 2. The number of nitrogens with zero attached hydrogens (tertiary/aromatic N) is 2. The lowest BCUT2D eigenvalue weighted by Crippen LogP contribution is -2.04. The highest BCUT2D eigenvalue weighted by Gasteiger charge is 2.11. The molecule has 3 nitrogen and oxygen atoms in total. The number of rotatable bonds is 3. The van der Waals surface area contributed by atoms with E-state index in [0.29, 0.717) is 11.3 Å². The van der Waals surface area contributed by atoms with Crippen molar-refractivity contribution >= 4 is 16.7 Å². The van der Waals surface area contributed by atoms with Gasteiger partial charge in [-0.15, -0.1) is 0 Å². The van der Waals surface area contributed by atoms with E-state index < -0.39 is 0 Å². The van der Waals surface area contributed by atoms with E-state index in [1.54, 1.807) is 12.1 Å². The van der Waals surface area contributed by atoms with Crippen LogP contribution in [0.1, 0.15) is 19.5 Å². The Bertz CT molecular complexity index is 828. The maximum Gasteiger partial charge on any atom is 0.220 e. The molecule has 0 atom stereocenters. The van der Waals surface area contributed by atoms with Crippen molar-refractivity contribution in [3.8, 4) is 11.3 Å². The third-order valence-electron chi connectivity index (χ3n) is 3.56. The Labute approximate surface area is 129 Å². The number of nitrogens with two attached hydrogens (primary N) is 1. The normalized spacial score (nSPS) is 11.3. The standard InChI is InChI=1S/C18H18FN3/c1-11(2)9-12-10-17(22-18(20)21-12)15-7-8-16(19)14-6-4-3-5-13(14)15/h3-8,10-11H,9H2,1-2H3,(H2,20,21,22). The first-order chi connectivity index (χ1) is 10.5. The molecular formula is C18H18FN3. The van der Waals surface area contributed by atoms with Crippen molar-refractivity contribution in [1.82, 2.24) is 9.97 Å². The van der Waals surface area contributed by atoms with Gasteiger partial charge in [-0.25, -0.2) is 14.4 Å². The largest absolute Gasteiger partial charge is 0.368 e. The molecule has 0 aliphatic carbocycles. The van der Waals surface area contributed by atoms with E-state index in [1.165, 1.54) is 6.07 Å². The summed E-state index contributed by atoms with van der Waals surface area (Å²) in [6, 6.07) is 12.5. The van der Waals surface area contributed by atoms with Crippen LogP contribution in [0.25, 0.3) is 22.0 Å².